The van der Waals surface area contributed by atoms with E-state index in [9.17, 15) is 14.4 Å². The number of nitrogens with one attached hydrogen (secondary N) is 1. The fourth-order valence-electron chi connectivity index (χ4n) is 5.31. The molecule has 9 heteroatoms. The van der Waals surface area contributed by atoms with Gasteiger partial charge in [-0.2, -0.15) is 0 Å². The lowest BCUT2D eigenvalue weighted by Crippen LogP contribution is -2.59. The number of carbonyl (C=O) groups is 3. The Morgan fingerprint density at radius 1 is 0.971 bits per heavy atom. The standard InChI is InChI=1S/C26H24ClNO7/c1-12-9-16-20(15(10-19(29)28-16)13-5-7-14(32-2)8-6-13)24(30)26(12)25(31)21-17(33-3)11-18(34-4)22(27)23(21)35-26/h5-8,11-12,15H,9-10H2,1-4H3,(H,28,29)/t12-,15+,26+/m1/s1. The summed E-state index contributed by atoms with van der Waals surface area (Å²) in [6.45, 7) is 1.76. The second kappa shape index (κ2) is 8.30. The number of amides is 1. The quantitative estimate of drug-likeness (QED) is 0.640. The fourth-order valence-corrected chi connectivity index (χ4v) is 5.58. The Morgan fingerprint density at radius 2 is 1.66 bits per heavy atom. The van der Waals surface area contributed by atoms with Crippen molar-refractivity contribution in [3.05, 3.63) is 57.8 Å². The Kier molecular flexibility index (Phi) is 5.51. The van der Waals surface area contributed by atoms with Gasteiger partial charge >= 0.3 is 0 Å². The third kappa shape index (κ3) is 3.23. The molecule has 1 aliphatic carbocycles. The van der Waals surface area contributed by atoms with Gasteiger partial charge in [0.2, 0.25) is 23.1 Å². The number of Topliss-reactive ketones (excluding diaryl/α,β-unsaturated/α-hetero) is 2. The molecule has 0 fully saturated rings. The molecule has 5 rings (SSSR count). The van der Waals surface area contributed by atoms with E-state index in [1.54, 1.807) is 26.2 Å². The molecule has 2 heterocycles. The second-order valence-corrected chi connectivity index (χ2v) is 9.25. The number of ether oxygens (including phenoxy) is 4. The van der Waals surface area contributed by atoms with Gasteiger partial charge in [-0.15, -0.1) is 0 Å². The molecule has 0 radical (unpaired) electrons. The lowest BCUT2D eigenvalue weighted by Gasteiger charge is -2.41. The van der Waals surface area contributed by atoms with Gasteiger partial charge in [-0.05, 0) is 24.1 Å². The summed E-state index contributed by atoms with van der Waals surface area (Å²) in [5.74, 6) is -1.08. The molecule has 1 spiro atoms. The topological polar surface area (TPSA) is 100 Å². The normalized spacial score (nSPS) is 25.1. The van der Waals surface area contributed by atoms with Crippen LogP contribution in [0.3, 0.4) is 0 Å². The van der Waals surface area contributed by atoms with Crippen LogP contribution in [0.5, 0.6) is 23.0 Å². The number of methoxy groups -OCH3 is 3. The van der Waals surface area contributed by atoms with Crippen LogP contribution in [0.2, 0.25) is 5.02 Å². The van der Waals surface area contributed by atoms with Crippen LogP contribution in [0.25, 0.3) is 0 Å². The Balaban J connectivity index is 1.65. The van der Waals surface area contributed by atoms with Crippen LogP contribution >= 0.6 is 11.6 Å². The molecule has 0 aromatic heterocycles. The third-order valence-electron chi connectivity index (χ3n) is 7.08. The van der Waals surface area contributed by atoms with E-state index in [0.29, 0.717) is 17.0 Å². The van der Waals surface area contributed by atoms with Gasteiger partial charge in [0.1, 0.15) is 27.8 Å². The number of carbonyl (C=O) groups excluding carboxylic acids is 3. The molecular formula is C26H24ClNO7. The summed E-state index contributed by atoms with van der Waals surface area (Å²) in [6, 6.07) is 8.70. The van der Waals surface area contributed by atoms with Crippen LogP contribution in [0.4, 0.5) is 0 Å². The molecule has 3 aliphatic rings. The highest BCUT2D eigenvalue weighted by Gasteiger charge is 2.63. The molecule has 0 unspecified atom stereocenters. The van der Waals surface area contributed by atoms with Gasteiger partial charge in [0.05, 0.1) is 21.3 Å². The van der Waals surface area contributed by atoms with Gasteiger partial charge in [0, 0.05) is 35.6 Å². The van der Waals surface area contributed by atoms with Gasteiger partial charge in [-0.1, -0.05) is 30.7 Å². The molecule has 2 aromatic rings. The van der Waals surface area contributed by atoms with Crippen LogP contribution in [0.15, 0.2) is 41.6 Å². The first-order valence-corrected chi connectivity index (χ1v) is 11.5. The van der Waals surface area contributed by atoms with Crippen molar-refractivity contribution in [2.24, 2.45) is 5.92 Å². The molecule has 2 aromatic carbocycles. The van der Waals surface area contributed by atoms with E-state index in [0.717, 1.165) is 5.56 Å². The number of halogens is 1. The van der Waals surface area contributed by atoms with E-state index >= 15 is 0 Å². The van der Waals surface area contributed by atoms with E-state index in [2.05, 4.69) is 5.32 Å². The van der Waals surface area contributed by atoms with Crippen LogP contribution in [0, 0.1) is 5.92 Å². The van der Waals surface area contributed by atoms with E-state index in [1.807, 2.05) is 12.1 Å². The first-order valence-electron chi connectivity index (χ1n) is 11.2. The Morgan fingerprint density at radius 3 is 2.29 bits per heavy atom. The lowest BCUT2D eigenvalue weighted by atomic mass is 9.66. The summed E-state index contributed by atoms with van der Waals surface area (Å²) in [7, 11) is 4.42. The number of benzene rings is 2. The Bertz CT molecular complexity index is 1300. The smallest absolute Gasteiger partial charge is 0.236 e. The van der Waals surface area contributed by atoms with Crippen molar-refractivity contribution in [1.29, 1.82) is 0 Å². The van der Waals surface area contributed by atoms with Crippen molar-refractivity contribution in [2.45, 2.75) is 31.3 Å². The molecule has 1 amide bonds. The van der Waals surface area contributed by atoms with Crippen molar-refractivity contribution >= 4 is 29.1 Å². The number of ketones is 2. The van der Waals surface area contributed by atoms with Gasteiger partial charge < -0.3 is 24.3 Å². The summed E-state index contributed by atoms with van der Waals surface area (Å²) < 4.78 is 22.2. The summed E-state index contributed by atoms with van der Waals surface area (Å²) in [4.78, 5) is 40.8. The number of hydrogen-bond acceptors (Lipinski definition) is 7. The van der Waals surface area contributed by atoms with E-state index in [1.165, 1.54) is 20.3 Å². The van der Waals surface area contributed by atoms with Crippen LogP contribution in [-0.2, 0) is 9.59 Å². The molecule has 0 saturated heterocycles. The van der Waals surface area contributed by atoms with Crippen LogP contribution < -0.4 is 24.3 Å². The third-order valence-corrected chi connectivity index (χ3v) is 7.43. The minimum atomic E-state index is -1.82. The number of hydrogen-bond donors (Lipinski definition) is 1. The highest BCUT2D eigenvalue weighted by Crippen LogP contribution is 2.55. The van der Waals surface area contributed by atoms with E-state index < -0.39 is 29.0 Å². The van der Waals surface area contributed by atoms with Gasteiger partial charge in [-0.25, -0.2) is 0 Å². The van der Waals surface area contributed by atoms with Crippen molar-refractivity contribution in [1.82, 2.24) is 5.32 Å². The maximum atomic E-state index is 14.3. The SMILES string of the molecule is COc1ccc([C@@H]2CC(=O)NC3=C2C(=O)[C@@]2(Oc4c(Cl)c(OC)cc(OC)c4C2=O)[C@H](C)C3)cc1. The van der Waals surface area contributed by atoms with E-state index in [-0.39, 0.29) is 46.6 Å². The molecular weight excluding hydrogens is 474 g/mol. The summed E-state index contributed by atoms with van der Waals surface area (Å²) >= 11 is 6.51. The van der Waals surface area contributed by atoms with Gasteiger partial charge in [0.25, 0.3) is 0 Å². The first-order chi connectivity index (χ1) is 16.8. The van der Waals surface area contributed by atoms with Gasteiger partial charge in [-0.3, -0.25) is 14.4 Å². The van der Waals surface area contributed by atoms with Gasteiger partial charge in [0.15, 0.2) is 5.75 Å². The minimum absolute atomic E-state index is 0.0676. The zero-order chi connectivity index (χ0) is 25.1. The molecule has 1 N–H and O–H groups in total. The number of allylic oxidation sites excluding steroid dienone is 1. The summed E-state index contributed by atoms with van der Waals surface area (Å²) in [5.41, 5.74) is -0.0452. The fraction of sp³-hybridized carbons (Fsp3) is 0.346. The number of rotatable bonds is 4. The molecule has 8 nitrogen and oxygen atoms in total. The largest absolute Gasteiger partial charge is 0.497 e. The van der Waals surface area contributed by atoms with Crippen LogP contribution in [0.1, 0.15) is 41.6 Å². The first kappa shape index (κ1) is 23.2. The Hall–Kier alpha value is -3.52. The zero-order valence-electron chi connectivity index (χ0n) is 19.7. The van der Waals surface area contributed by atoms with E-state index in [4.69, 9.17) is 30.5 Å². The summed E-state index contributed by atoms with van der Waals surface area (Å²) in [6.07, 6.45) is 0.344. The van der Waals surface area contributed by atoms with Crippen LogP contribution in [-0.4, -0.2) is 44.4 Å². The number of fused-ring (bicyclic) bond motifs is 1. The predicted octanol–water partition coefficient (Wildman–Crippen LogP) is 3.85. The van der Waals surface area contributed by atoms with Crippen molar-refractivity contribution in [3.8, 4) is 23.0 Å². The zero-order valence-corrected chi connectivity index (χ0v) is 20.4. The lowest BCUT2D eigenvalue weighted by molar-refractivity contribution is -0.131. The molecule has 35 heavy (non-hydrogen) atoms. The molecule has 2 aliphatic heterocycles. The highest BCUT2D eigenvalue weighted by molar-refractivity contribution is 6.36. The molecule has 0 saturated carbocycles. The van der Waals surface area contributed by atoms with Crippen molar-refractivity contribution < 1.29 is 33.3 Å². The predicted molar refractivity (Wildman–Crippen MR) is 127 cm³/mol. The molecule has 182 valence electrons. The minimum Gasteiger partial charge on any atom is -0.497 e. The van der Waals surface area contributed by atoms with Crippen molar-refractivity contribution in [2.75, 3.05) is 21.3 Å². The highest BCUT2D eigenvalue weighted by atomic mass is 35.5. The Labute approximate surface area is 207 Å². The average molecular weight is 498 g/mol. The maximum Gasteiger partial charge on any atom is 0.236 e. The molecule has 3 atom stereocenters. The average Bonchev–Trinajstić information content (AvgIpc) is 3.17. The van der Waals surface area contributed by atoms with Crippen molar-refractivity contribution in [3.63, 3.8) is 0 Å². The monoisotopic (exact) mass is 497 g/mol. The molecule has 0 bridgehead atoms. The second-order valence-electron chi connectivity index (χ2n) is 8.87. The summed E-state index contributed by atoms with van der Waals surface area (Å²) in [5, 5.41) is 2.95. The maximum absolute atomic E-state index is 14.3.